The van der Waals surface area contributed by atoms with Gasteiger partial charge in [-0.3, -0.25) is 9.10 Å². The van der Waals surface area contributed by atoms with Gasteiger partial charge in [0.2, 0.25) is 0 Å². The summed E-state index contributed by atoms with van der Waals surface area (Å²) in [4.78, 5) is 26.1. The molecular formula is C23H31NO4S. The van der Waals surface area contributed by atoms with E-state index in [9.17, 15) is 9.59 Å². The van der Waals surface area contributed by atoms with E-state index in [1.807, 2.05) is 41.5 Å². The molecule has 29 heavy (non-hydrogen) atoms. The highest BCUT2D eigenvalue weighted by Gasteiger charge is 2.49. The number of ether oxygens (including phenoxy) is 2. The van der Waals surface area contributed by atoms with E-state index < -0.39 is 11.7 Å². The molecule has 158 valence electrons. The monoisotopic (exact) mass is 417 g/mol. The molecule has 1 aliphatic heterocycles. The van der Waals surface area contributed by atoms with Crippen LogP contribution in [-0.4, -0.2) is 33.8 Å². The number of carbonyl (C=O) groups is 2. The predicted octanol–water partition coefficient (Wildman–Crippen LogP) is 5.71. The van der Waals surface area contributed by atoms with Crippen molar-refractivity contribution in [2.75, 3.05) is 5.75 Å². The second-order valence-corrected chi connectivity index (χ2v) is 9.63. The van der Waals surface area contributed by atoms with Gasteiger partial charge in [-0.25, -0.2) is 4.79 Å². The molecule has 0 N–H and O–H groups in total. The Labute approximate surface area is 178 Å². The van der Waals surface area contributed by atoms with Crippen LogP contribution in [0.25, 0.3) is 5.57 Å². The zero-order valence-corrected chi connectivity index (χ0v) is 19.1. The number of rotatable bonds is 5. The van der Waals surface area contributed by atoms with Crippen molar-refractivity contribution in [2.24, 2.45) is 0 Å². The van der Waals surface area contributed by atoms with Crippen LogP contribution in [0.15, 0.2) is 17.9 Å². The molecule has 1 aromatic carbocycles. The minimum atomic E-state index is -0.758. The number of benzene rings is 1. The summed E-state index contributed by atoms with van der Waals surface area (Å²) in [7, 11) is 0. The lowest BCUT2D eigenvalue weighted by Crippen LogP contribution is -2.39. The first-order valence-electron chi connectivity index (χ1n) is 10.4. The van der Waals surface area contributed by atoms with E-state index in [1.165, 1.54) is 11.9 Å². The van der Waals surface area contributed by atoms with Crippen molar-refractivity contribution in [3.8, 4) is 0 Å². The first-order chi connectivity index (χ1) is 13.7. The summed E-state index contributed by atoms with van der Waals surface area (Å²) in [6.45, 7) is 11.9. The Morgan fingerprint density at radius 1 is 1.17 bits per heavy atom. The number of aryl methyl sites for hydroxylation is 3. The molecule has 6 heteroatoms. The highest BCUT2D eigenvalue weighted by molar-refractivity contribution is 7.97. The van der Waals surface area contributed by atoms with Crippen molar-refractivity contribution >= 4 is 29.6 Å². The lowest BCUT2D eigenvalue weighted by molar-refractivity contribution is -0.121. The van der Waals surface area contributed by atoms with Crippen LogP contribution in [0.2, 0.25) is 0 Å². The molecule has 0 unspecified atom stereocenters. The molecule has 0 bridgehead atoms. The Balaban J connectivity index is 2.05. The van der Waals surface area contributed by atoms with Gasteiger partial charge >= 0.3 is 6.16 Å². The maximum absolute atomic E-state index is 13.5. The maximum Gasteiger partial charge on any atom is 0.513 e. The van der Waals surface area contributed by atoms with Crippen molar-refractivity contribution < 1.29 is 19.1 Å². The van der Waals surface area contributed by atoms with Gasteiger partial charge in [0.25, 0.3) is 5.91 Å². The van der Waals surface area contributed by atoms with E-state index in [0.717, 1.165) is 53.7 Å². The van der Waals surface area contributed by atoms with Crippen molar-refractivity contribution in [1.82, 2.24) is 4.31 Å². The first kappa shape index (κ1) is 21.8. The fourth-order valence-corrected chi connectivity index (χ4v) is 5.29. The second-order valence-electron chi connectivity index (χ2n) is 8.43. The molecule has 1 fully saturated rings. The van der Waals surface area contributed by atoms with Gasteiger partial charge < -0.3 is 9.47 Å². The van der Waals surface area contributed by atoms with Crippen molar-refractivity contribution in [3.05, 3.63) is 40.1 Å². The van der Waals surface area contributed by atoms with Crippen LogP contribution in [-0.2, 0) is 14.3 Å². The number of carbonyl (C=O) groups excluding carboxylic acids is 2. The zero-order chi connectivity index (χ0) is 21.3. The largest absolute Gasteiger partial charge is 0.513 e. The van der Waals surface area contributed by atoms with Crippen LogP contribution >= 0.6 is 11.9 Å². The summed E-state index contributed by atoms with van der Waals surface area (Å²) in [5.41, 5.74) is 3.68. The minimum absolute atomic E-state index is 0.0873. The minimum Gasteiger partial charge on any atom is -0.431 e. The van der Waals surface area contributed by atoms with Gasteiger partial charge in [0.1, 0.15) is 11.6 Å². The third kappa shape index (κ3) is 4.18. The molecule has 0 saturated heterocycles. The molecule has 0 aromatic heterocycles. The van der Waals surface area contributed by atoms with E-state index in [2.05, 4.69) is 12.1 Å². The molecule has 1 amide bonds. The van der Waals surface area contributed by atoms with Crippen LogP contribution in [0.1, 0.15) is 68.7 Å². The molecule has 0 atom stereocenters. The molecule has 0 spiro atoms. The Morgan fingerprint density at radius 3 is 2.31 bits per heavy atom. The van der Waals surface area contributed by atoms with Crippen LogP contribution in [0.4, 0.5) is 4.79 Å². The fourth-order valence-electron chi connectivity index (χ4n) is 4.42. The van der Waals surface area contributed by atoms with Gasteiger partial charge in [0.15, 0.2) is 5.76 Å². The number of hydrogen-bond acceptors (Lipinski definition) is 5. The summed E-state index contributed by atoms with van der Waals surface area (Å²) < 4.78 is 13.0. The molecular weight excluding hydrogens is 386 g/mol. The Morgan fingerprint density at radius 2 is 1.76 bits per heavy atom. The van der Waals surface area contributed by atoms with Gasteiger partial charge in [-0.1, -0.05) is 24.6 Å². The van der Waals surface area contributed by atoms with Gasteiger partial charge in [-0.2, -0.15) is 0 Å². The second kappa shape index (κ2) is 8.42. The molecule has 5 nitrogen and oxygen atoms in total. The molecule has 1 saturated carbocycles. The lowest BCUT2D eigenvalue weighted by atomic mass is 9.91. The summed E-state index contributed by atoms with van der Waals surface area (Å²) in [6.07, 6.45) is 3.08. The van der Waals surface area contributed by atoms with E-state index in [1.54, 1.807) is 4.31 Å². The molecule has 1 aliphatic carbocycles. The molecule has 2 aliphatic rings. The fraction of sp³-hybridized carbons (Fsp3) is 0.565. The first-order valence-corrected chi connectivity index (χ1v) is 11.3. The highest BCUT2D eigenvalue weighted by atomic mass is 32.2. The van der Waals surface area contributed by atoms with E-state index >= 15 is 0 Å². The highest BCUT2D eigenvalue weighted by Crippen LogP contribution is 2.46. The normalized spacial score (nSPS) is 19.2. The zero-order valence-electron chi connectivity index (χ0n) is 18.3. The molecule has 0 radical (unpaired) electrons. The Hall–Kier alpha value is -1.95. The number of nitrogens with zero attached hydrogens (tertiary/aromatic N) is 1. The van der Waals surface area contributed by atoms with Gasteiger partial charge in [0, 0.05) is 5.75 Å². The SMILES string of the molecule is CCSN1C(=O)C(c2c(C)cc(C)cc2C)=C(OC(=O)OC2CCCC2)C1(C)C. The summed E-state index contributed by atoms with van der Waals surface area (Å²) in [5, 5.41) is 0. The lowest BCUT2D eigenvalue weighted by Gasteiger charge is -2.31. The number of amides is 1. The van der Waals surface area contributed by atoms with Crippen LogP contribution in [0, 0.1) is 20.8 Å². The third-order valence-electron chi connectivity index (χ3n) is 5.62. The van der Waals surface area contributed by atoms with Crippen LogP contribution in [0.3, 0.4) is 0 Å². The van der Waals surface area contributed by atoms with Crippen molar-refractivity contribution in [2.45, 2.75) is 78.9 Å². The Bertz CT molecular complexity index is 829. The van der Waals surface area contributed by atoms with Crippen molar-refractivity contribution in [1.29, 1.82) is 0 Å². The quantitative estimate of drug-likeness (QED) is 0.454. The van der Waals surface area contributed by atoms with Gasteiger partial charge in [-0.05, 0) is 88.9 Å². The van der Waals surface area contributed by atoms with Gasteiger partial charge in [0.05, 0.1) is 5.57 Å². The Kier molecular flexibility index (Phi) is 6.32. The van der Waals surface area contributed by atoms with Crippen LogP contribution < -0.4 is 0 Å². The van der Waals surface area contributed by atoms with Gasteiger partial charge in [-0.15, -0.1) is 0 Å². The summed E-state index contributed by atoms with van der Waals surface area (Å²) >= 11 is 1.44. The molecule has 1 aromatic rings. The van der Waals surface area contributed by atoms with E-state index in [0.29, 0.717) is 11.3 Å². The predicted molar refractivity (Wildman–Crippen MR) is 116 cm³/mol. The molecule has 3 rings (SSSR count). The average molecular weight is 418 g/mol. The summed E-state index contributed by atoms with van der Waals surface area (Å²) in [5.74, 6) is 0.996. The topological polar surface area (TPSA) is 55.8 Å². The van der Waals surface area contributed by atoms with E-state index in [-0.39, 0.29) is 12.0 Å². The standard InChI is InChI=1S/C23H31NO4S/c1-7-29-24-21(25)19(18-15(3)12-14(2)13-16(18)4)20(23(24,5)6)28-22(26)27-17-10-8-9-11-17/h12-13,17H,7-11H2,1-6H3. The maximum atomic E-state index is 13.5. The van der Waals surface area contributed by atoms with Crippen molar-refractivity contribution in [3.63, 3.8) is 0 Å². The average Bonchev–Trinajstić information content (AvgIpc) is 3.18. The molecule has 1 heterocycles. The summed E-state index contributed by atoms with van der Waals surface area (Å²) in [6, 6.07) is 4.11. The smallest absolute Gasteiger partial charge is 0.431 e. The van der Waals surface area contributed by atoms with Crippen LogP contribution in [0.5, 0.6) is 0 Å². The third-order valence-corrected chi connectivity index (χ3v) is 6.76. The number of hydrogen-bond donors (Lipinski definition) is 0. The van der Waals surface area contributed by atoms with E-state index in [4.69, 9.17) is 9.47 Å².